The highest BCUT2D eigenvalue weighted by Crippen LogP contribution is 2.42. The average molecular weight is 489 g/mol. The molecule has 1 aliphatic rings. The van der Waals surface area contributed by atoms with E-state index in [4.69, 9.17) is 9.15 Å². The summed E-state index contributed by atoms with van der Waals surface area (Å²) < 4.78 is 39.9. The highest BCUT2D eigenvalue weighted by Gasteiger charge is 2.44. The molecule has 1 atom stereocenters. The molecule has 0 saturated carbocycles. The van der Waals surface area contributed by atoms with Crippen molar-refractivity contribution in [3.8, 4) is 0 Å². The first-order valence-corrected chi connectivity index (χ1v) is 11.5. The maximum Gasteiger partial charge on any atom is 0.338 e. The minimum absolute atomic E-state index is 0.0464. The summed E-state index contributed by atoms with van der Waals surface area (Å²) in [6, 6.07) is 14.1. The molecule has 182 valence electrons. The Kier molecular flexibility index (Phi) is 6.10. The molecule has 0 radical (unpaired) electrons. The molecule has 0 bridgehead atoms. The van der Waals surface area contributed by atoms with E-state index in [2.05, 4.69) is 0 Å². The zero-order chi connectivity index (χ0) is 25.4. The van der Waals surface area contributed by atoms with Crippen molar-refractivity contribution in [1.29, 1.82) is 0 Å². The molecule has 4 aromatic rings. The van der Waals surface area contributed by atoms with E-state index in [-0.39, 0.29) is 33.4 Å². The van der Waals surface area contributed by atoms with Gasteiger partial charge in [-0.15, -0.1) is 0 Å². The van der Waals surface area contributed by atoms with E-state index in [0.717, 1.165) is 25.0 Å². The fourth-order valence-electron chi connectivity index (χ4n) is 4.35. The quantitative estimate of drug-likeness (QED) is 0.254. The molecular weight excluding hydrogens is 468 g/mol. The lowest BCUT2D eigenvalue weighted by Crippen LogP contribution is -2.30. The van der Waals surface area contributed by atoms with Gasteiger partial charge in [0.1, 0.15) is 17.2 Å². The summed E-state index contributed by atoms with van der Waals surface area (Å²) >= 11 is 0. The second-order valence-corrected chi connectivity index (χ2v) is 8.45. The van der Waals surface area contributed by atoms with Crippen molar-refractivity contribution in [1.82, 2.24) is 0 Å². The van der Waals surface area contributed by atoms with Gasteiger partial charge < -0.3 is 9.15 Å². The number of benzene rings is 3. The van der Waals surface area contributed by atoms with Gasteiger partial charge in [0, 0.05) is 11.3 Å². The Balaban J connectivity index is 1.64. The number of rotatable bonds is 6. The predicted octanol–water partition coefficient (Wildman–Crippen LogP) is 5.78. The molecule has 5 rings (SSSR count). The zero-order valence-electron chi connectivity index (χ0n) is 19.3. The molecule has 0 aliphatic carbocycles. The molecule has 1 amide bonds. The van der Waals surface area contributed by atoms with E-state index in [0.29, 0.717) is 12.3 Å². The third-order valence-electron chi connectivity index (χ3n) is 6.14. The van der Waals surface area contributed by atoms with Crippen LogP contribution in [0.5, 0.6) is 0 Å². The number of carbonyl (C=O) groups is 2. The standard InChI is InChI=1S/C28H21F2NO5/c1-2-3-14-35-28(34)16-8-11-18(12-9-16)31-24(19-6-4-5-7-21(19)30)23-25(32)20-15-17(29)10-13-22(20)36-26(23)27(31)33/h4-13,15,24H,2-3,14H2,1H3. The molecule has 36 heavy (non-hydrogen) atoms. The van der Waals surface area contributed by atoms with Gasteiger partial charge in [0.25, 0.3) is 5.91 Å². The van der Waals surface area contributed by atoms with Gasteiger partial charge in [0.2, 0.25) is 5.76 Å². The predicted molar refractivity (Wildman–Crippen MR) is 129 cm³/mol. The lowest BCUT2D eigenvalue weighted by molar-refractivity contribution is 0.0499. The molecule has 6 nitrogen and oxygen atoms in total. The first-order valence-electron chi connectivity index (χ1n) is 11.5. The maximum absolute atomic E-state index is 15.0. The molecule has 1 aromatic heterocycles. The highest BCUT2D eigenvalue weighted by molar-refractivity contribution is 6.10. The number of esters is 1. The molecule has 0 saturated heterocycles. The van der Waals surface area contributed by atoms with Crippen molar-refractivity contribution >= 4 is 28.5 Å². The van der Waals surface area contributed by atoms with Crippen LogP contribution in [0.4, 0.5) is 14.5 Å². The third-order valence-corrected chi connectivity index (χ3v) is 6.14. The minimum atomic E-state index is -1.15. The lowest BCUT2D eigenvalue weighted by atomic mass is 9.97. The number of hydrogen-bond donors (Lipinski definition) is 0. The van der Waals surface area contributed by atoms with Crippen molar-refractivity contribution in [3.05, 3.63) is 111 Å². The molecule has 1 aliphatic heterocycles. The topological polar surface area (TPSA) is 76.8 Å². The van der Waals surface area contributed by atoms with Gasteiger partial charge in [0.05, 0.1) is 29.2 Å². The summed E-state index contributed by atoms with van der Waals surface area (Å²) in [5.41, 5.74) is 0.0389. The Morgan fingerprint density at radius 1 is 1.03 bits per heavy atom. The SMILES string of the molecule is CCCCOC(=O)c1ccc(N2C(=O)c3oc4ccc(F)cc4c(=O)c3C2c2ccccc2F)cc1. The number of carbonyl (C=O) groups excluding carboxylic acids is 2. The Hall–Kier alpha value is -4.33. The van der Waals surface area contributed by atoms with Gasteiger partial charge in [-0.05, 0) is 55.0 Å². The van der Waals surface area contributed by atoms with Crippen molar-refractivity contribution in [2.75, 3.05) is 11.5 Å². The Labute approximate surface area is 204 Å². The van der Waals surface area contributed by atoms with Crippen LogP contribution in [0, 0.1) is 11.6 Å². The van der Waals surface area contributed by atoms with E-state index in [1.54, 1.807) is 6.07 Å². The first-order chi connectivity index (χ1) is 17.4. The van der Waals surface area contributed by atoms with E-state index in [1.807, 2.05) is 6.92 Å². The van der Waals surface area contributed by atoms with Gasteiger partial charge >= 0.3 is 5.97 Å². The van der Waals surface area contributed by atoms with Crippen molar-refractivity contribution < 1.29 is 27.5 Å². The van der Waals surface area contributed by atoms with Gasteiger partial charge in [-0.1, -0.05) is 31.5 Å². The smallest absolute Gasteiger partial charge is 0.338 e. The summed E-state index contributed by atoms with van der Waals surface area (Å²) in [6.07, 6.45) is 1.63. The molecule has 0 N–H and O–H groups in total. The molecule has 2 heterocycles. The fraction of sp³-hybridized carbons (Fsp3) is 0.179. The maximum atomic E-state index is 15.0. The van der Waals surface area contributed by atoms with E-state index < -0.39 is 35.0 Å². The fourth-order valence-corrected chi connectivity index (χ4v) is 4.35. The number of hydrogen-bond acceptors (Lipinski definition) is 5. The number of amides is 1. The van der Waals surface area contributed by atoms with E-state index >= 15 is 0 Å². The third kappa shape index (κ3) is 3.94. The Bertz CT molecular complexity index is 1540. The molecule has 8 heteroatoms. The van der Waals surface area contributed by atoms with Crippen molar-refractivity contribution in [3.63, 3.8) is 0 Å². The van der Waals surface area contributed by atoms with Crippen molar-refractivity contribution in [2.24, 2.45) is 0 Å². The van der Waals surface area contributed by atoms with Crippen LogP contribution in [0.1, 0.15) is 57.8 Å². The minimum Gasteiger partial charge on any atom is -0.462 e. The van der Waals surface area contributed by atoms with Crippen LogP contribution in [0.15, 0.2) is 75.9 Å². The monoisotopic (exact) mass is 489 g/mol. The largest absolute Gasteiger partial charge is 0.462 e. The molecule has 3 aromatic carbocycles. The molecular formula is C28H21F2NO5. The van der Waals surface area contributed by atoms with Crippen LogP contribution in [-0.2, 0) is 4.74 Å². The Morgan fingerprint density at radius 3 is 2.50 bits per heavy atom. The number of ether oxygens (including phenoxy) is 1. The van der Waals surface area contributed by atoms with Crippen LogP contribution in [0.25, 0.3) is 11.0 Å². The number of anilines is 1. The van der Waals surface area contributed by atoms with Gasteiger partial charge in [0.15, 0.2) is 5.43 Å². The number of nitrogens with zero attached hydrogens (tertiary/aromatic N) is 1. The Morgan fingerprint density at radius 2 is 1.78 bits per heavy atom. The number of halogens is 2. The van der Waals surface area contributed by atoms with Gasteiger partial charge in [-0.25, -0.2) is 13.6 Å². The molecule has 1 unspecified atom stereocenters. The van der Waals surface area contributed by atoms with E-state index in [1.165, 1.54) is 53.4 Å². The lowest BCUT2D eigenvalue weighted by Gasteiger charge is -2.25. The summed E-state index contributed by atoms with van der Waals surface area (Å²) in [6.45, 7) is 2.28. The van der Waals surface area contributed by atoms with Crippen molar-refractivity contribution in [2.45, 2.75) is 25.8 Å². The average Bonchev–Trinajstić information content (AvgIpc) is 3.17. The summed E-state index contributed by atoms with van der Waals surface area (Å²) in [4.78, 5) is 40.6. The van der Waals surface area contributed by atoms with Gasteiger partial charge in [-0.3, -0.25) is 14.5 Å². The van der Waals surface area contributed by atoms with Crippen LogP contribution >= 0.6 is 0 Å². The second-order valence-electron chi connectivity index (χ2n) is 8.45. The van der Waals surface area contributed by atoms with Crippen LogP contribution in [-0.4, -0.2) is 18.5 Å². The van der Waals surface area contributed by atoms with Gasteiger partial charge in [-0.2, -0.15) is 0 Å². The van der Waals surface area contributed by atoms with Crippen LogP contribution < -0.4 is 10.3 Å². The summed E-state index contributed by atoms with van der Waals surface area (Å²) in [7, 11) is 0. The summed E-state index contributed by atoms with van der Waals surface area (Å²) in [5.74, 6) is -2.65. The summed E-state index contributed by atoms with van der Waals surface area (Å²) in [5, 5.41) is -0.0464. The van der Waals surface area contributed by atoms with Crippen LogP contribution in [0.2, 0.25) is 0 Å². The number of fused-ring (bicyclic) bond motifs is 2. The van der Waals surface area contributed by atoms with E-state index in [9.17, 15) is 23.2 Å². The molecule has 0 spiro atoms. The first kappa shape index (κ1) is 23.4. The molecule has 0 fully saturated rings. The normalized spacial score (nSPS) is 14.8. The zero-order valence-corrected chi connectivity index (χ0v) is 19.3. The second kappa shape index (κ2) is 9.37. The van der Waals surface area contributed by atoms with Crippen LogP contribution in [0.3, 0.4) is 0 Å². The number of unbranched alkanes of at least 4 members (excludes halogenated alkanes) is 1. The highest BCUT2D eigenvalue weighted by atomic mass is 19.1.